The Balaban J connectivity index is 3.12. The summed E-state index contributed by atoms with van der Waals surface area (Å²) >= 11 is 0. The number of carbonyl (C=O) groups is 1. The van der Waals surface area contributed by atoms with Crippen molar-refractivity contribution in [3.05, 3.63) is 17.7 Å². The van der Waals surface area contributed by atoms with Crippen LogP contribution in [-0.2, 0) is 0 Å². The van der Waals surface area contributed by atoms with Gasteiger partial charge in [0.1, 0.15) is 5.75 Å². The molecule has 1 aromatic carbocycles. The van der Waals surface area contributed by atoms with E-state index in [2.05, 4.69) is 0 Å². The molecule has 0 aromatic heterocycles. The number of phenols is 1. The molecular weight excluding hydrogens is 220 g/mol. The van der Waals surface area contributed by atoms with Crippen molar-refractivity contribution >= 4 is 5.78 Å². The second kappa shape index (κ2) is 5.57. The number of phenolic OH excluding ortho intramolecular Hbond substituents is 1. The molecule has 0 aliphatic rings. The third-order valence-corrected chi connectivity index (χ3v) is 2.40. The molecule has 94 valence electrons. The van der Waals surface area contributed by atoms with Gasteiger partial charge in [0, 0.05) is 12.5 Å². The number of rotatable bonds is 5. The topological polar surface area (TPSA) is 55.8 Å². The minimum Gasteiger partial charge on any atom is -0.507 e. The summed E-state index contributed by atoms with van der Waals surface area (Å²) in [5.41, 5.74) is 0.274. The lowest BCUT2D eigenvalue weighted by Crippen LogP contribution is -2.04. The number of ether oxygens (including phenoxy) is 2. The monoisotopic (exact) mass is 238 g/mol. The molecule has 0 aliphatic carbocycles. The van der Waals surface area contributed by atoms with E-state index in [4.69, 9.17) is 9.47 Å². The van der Waals surface area contributed by atoms with E-state index >= 15 is 0 Å². The highest BCUT2D eigenvalue weighted by molar-refractivity contribution is 5.99. The van der Waals surface area contributed by atoms with Gasteiger partial charge in [-0.3, -0.25) is 4.79 Å². The predicted molar refractivity (Wildman–Crippen MR) is 65.0 cm³/mol. The van der Waals surface area contributed by atoms with Gasteiger partial charge < -0.3 is 14.6 Å². The molecule has 0 spiro atoms. The van der Waals surface area contributed by atoms with Crippen molar-refractivity contribution in [1.29, 1.82) is 0 Å². The van der Waals surface area contributed by atoms with Gasteiger partial charge in [-0.2, -0.15) is 0 Å². The molecule has 0 saturated heterocycles. The number of hydrogen-bond acceptors (Lipinski definition) is 4. The molecule has 0 fully saturated rings. The van der Waals surface area contributed by atoms with Crippen LogP contribution in [-0.4, -0.2) is 25.1 Å². The molecule has 0 radical (unpaired) electrons. The first-order valence-corrected chi connectivity index (χ1v) is 5.47. The number of hydrogen-bond donors (Lipinski definition) is 1. The number of ketones is 1. The number of aromatic hydroxyl groups is 1. The van der Waals surface area contributed by atoms with Crippen LogP contribution in [0.2, 0.25) is 0 Å². The van der Waals surface area contributed by atoms with Crippen LogP contribution < -0.4 is 9.47 Å². The van der Waals surface area contributed by atoms with Crippen LogP contribution in [0.25, 0.3) is 0 Å². The first kappa shape index (κ1) is 13.4. The lowest BCUT2D eigenvalue weighted by atomic mass is 10.00. The Morgan fingerprint density at radius 2 is 1.76 bits per heavy atom. The number of Topliss-reactive ketones (excluding diaryl/α,β-unsaturated/α-hetero) is 1. The Bertz CT molecular complexity index is 410. The Hall–Kier alpha value is -1.71. The minimum atomic E-state index is -0.0987. The molecule has 0 atom stereocenters. The van der Waals surface area contributed by atoms with Gasteiger partial charge in [0.15, 0.2) is 17.3 Å². The lowest BCUT2D eigenvalue weighted by molar-refractivity contribution is 0.0965. The van der Waals surface area contributed by atoms with Crippen LogP contribution in [0.5, 0.6) is 17.2 Å². The standard InChI is InChI=1S/C13H18O4/c1-8(2)5-10(14)9-6-12(16-3)13(17-4)7-11(9)15/h6-8,15H,5H2,1-4H3. The first-order chi connectivity index (χ1) is 7.99. The number of methoxy groups -OCH3 is 2. The minimum absolute atomic E-state index is 0.0756. The summed E-state index contributed by atoms with van der Waals surface area (Å²) in [5.74, 6) is 0.922. The third-order valence-electron chi connectivity index (χ3n) is 2.40. The number of benzene rings is 1. The van der Waals surface area contributed by atoms with Crippen LogP contribution >= 0.6 is 0 Å². The highest BCUT2D eigenvalue weighted by Gasteiger charge is 2.17. The van der Waals surface area contributed by atoms with Gasteiger partial charge in [0.05, 0.1) is 19.8 Å². The van der Waals surface area contributed by atoms with E-state index in [9.17, 15) is 9.90 Å². The summed E-state index contributed by atoms with van der Waals surface area (Å²) in [5, 5.41) is 9.77. The van der Waals surface area contributed by atoms with E-state index in [1.165, 1.54) is 26.4 Å². The largest absolute Gasteiger partial charge is 0.507 e. The average Bonchev–Trinajstić information content (AvgIpc) is 2.27. The molecule has 1 rings (SSSR count). The molecule has 0 heterocycles. The molecular formula is C13H18O4. The summed E-state index contributed by atoms with van der Waals surface area (Å²) in [6, 6.07) is 2.91. The first-order valence-electron chi connectivity index (χ1n) is 5.47. The summed E-state index contributed by atoms with van der Waals surface area (Å²) in [6.45, 7) is 3.91. The number of carbonyl (C=O) groups excluding carboxylic acids is 1. The van der Waals surface area contributed by atoms with Crippen molar-refractivity contribution in [3.63, 3.8) is 0 Å². The molecule has 17 heavy (non-hydrogen) atoms. The zero-order valence-corrected chi connectivity index (χ0v) is 10.6. The summed E-state index contributed by atoms with van der Waals surface area (Å²) in [6.07, 6.45) is 0.392. The second-order valence-corrected chi connectivity index (χ2v) is 4.25. The maximum atomic E-state index is 11.9. The highest BCUT2D eigenvalue weighted by Crippen LogP contribution is 2.34. The molecule has 0 aliphatic heterocycles. The van der Waals surface area contributed by atoms with Gasteiger partial charge in [-0.15, -0.1) is 0 Å². The van der Waals surface area contributed by atoms with Crippen molar-refractivity contribution in [3.8, 4) is 17.2 Å². The van der Waals surface area contributed by atoms with Gasteiger partial charge >= 0.3 is 0 Å². The lowest BCUT2D eigenvalue weighted by Gasteiger charge is -2.11. The van der Waals surface area contributed by atoms with Crippen LogP contribution in [0, 0.1) is 5.92 Å². The van der Waals surface area contributed by atoms with Gasteiger partial charge in [0.25, 0.3) is 0 Å². The Labute approximate surface area is 101 Å². The summed E-state index contributed by atoms with van der Waals surface area (Å²) in [7, 11) is 2.97. The average molecular weight is 238 g/mol. The SMILES string of the molecule is COc1cc(O)c(C(=O)CC(C)C)cc1OC. The van der Waals surface area contributed by atoms with E-state index in [0.717, 1.165) is 0 Å². The van der Waals surface area contributed by atoms with Crippen molar-refractivity contribution < 1.29 is 19.4 Å². The highest BCUT2D eigenvalue weighted by atomic mass is 16.5. The van der Waals surface area contributed by atoms with E-state index in [-0.39, 0.29) is 23.0 Å². The Kier molecular flexibility index (Phi) is 4.37. The van der Waals surface area contributed by atoms with Gasteiger partial charge in [-0.25, -0.2) is 0 Å². The molecule has 0 unspecified atom stereocenters. The summed E-state index contributed by atoms with van der Waals surface area (Å²) < 4.78 is 10.1. The molecule has 4 heteroatoms. The quantitative estimate of drug-likeness (QED) is 0.801. The maximum Gasteiger partial charge on any atom is 0.166 e. The van der Waals surface area contributed by atoms with Crippen molar-refractivity contribution in [2.75, 3.05) is 14.2 Å². The summed E-state index contributed by atoms with van der Waals surface area (Å²) in [4.78, 5) is 11.9. The molecule has 0 bridgehead atoms. The maximum absolute atomic E-state index is 11.9. The molecule has 0 saturated carbocycles. The van der Waals surface area contributed by atoms with Crippen LogP contribution in [0.4, 0.5) is 0 Å². The Morgan fingerprint density at radius 3 is 2.24 bits per heavy atom. The van der Waals surface area contributed by atoms with E-state index < -0.39 is 0 Å². The Morgan fingerprint density at radius 1 is 1.24 bits per heavy atom. The van der Waals surface area contributed by atoms with E-state index in [1.807, 2.05) is 13.8 Å². The van der Waals surface area contributed by atoms with Crippen LogP contribution in [0.1, 0.15) is 30.6 Å². The van der Waals surface area contributed by atoms with Crippen LogP contribution in [0.15, 0.2) is 12.1 Å². The van der Waals surface area contributed by atoms with Gasteiger partial charge in [-0.1, -0.05) is 13.8 Å². The molecule has 0 amide bonds. The fraction of sp³-hybridized carbons (Fsp3) is 0.462. The van der Waals surface area contributed by atoms with E-state index in [1.54, 1.807) is 0 Å². The van der Waals surface area contributed by atoms with Crippen molar-refractivity contribution in [1.82, 2.24) is 0 Å². The fourth-order valence-corrected chi connectivity index (χ4v) is 1.57. The zero-order chi connectivity index (χ0) is 13.0. The van der Waals surface area contributed by atoms with Gasteiger partial charge in [-0.05, 0) is 12.0 Å². The second-order valence-electron chi connectivity index (χ2n) is 4.25. The fourth-order valence-electron chi connectivity index (χ4n) is 1.57. The van der Waals surface area contributed by atoms with Crippen molar-refractivity contribution in [2.45, 2.75) is 20.3 Å². The zero-order valence-electron chi connectivity index (χ0n) is 10.6. The smallest absolute Gasteiger partial charge is 0.166 e. The normalized spacial score (nSPS) is 10.4. The predicted octanol–water partition coefficient (Wildman–Crippen LogP) is 2.64. The third kappa shape index (κ3) is 3.12. The molecule has 4 nitrogen and oxygen atoms in total. The van der Waals surface area contributed by atoms with Crippen molar-refractivity contribution in [2.24, 2.45) is 5.92 Å². The molecule has 1 N–H and O–H groups in total. The van der Waals surface area contributed by atoms with Crippen LogP contribution in [0.3, 0.4) is 0 Å². The van der Waals surface area contributed by atoms with Gasteiger partial charge in [0.2, 0.25) is 0 Å². The van der Waals surface area contributed by atoms with E-state index in [0.29, 0.717) is 17.9 Å². The molecule has 1 aromatic rings.